The highest BCUT2D eigenvalue weighted by molar-refractivity contribution is 6.68. The number of halogens is 2. The molecule has 0 radical (unpaired) electrons. The molecule has 0 aliphatic rings. The van der Waals surface area contributed by atoms with E-state index in [2.05, 4.69) is 0 Å². The molecule has 1 N–H and O–H groups in total. The number of aliphatic hydroxyl groups is 1. The van der Waals surface area contributed by atoms with Crippen molar-refractivity contribution in [1.29, 1.82) is 0 Å². The van der Waals surface area contributed by atoms with Gasteiger partial charge < -0.3 is 5.11 Å². The Bertz CT molecular complexity index is 573. The number of hydrogen-bond acceptors (Lipinski definition) is 6. The molecule has 1 rings (SSSR count). The van der Waals surface area contributed by atoms with E-state index in [0.717, 1.165) is 6.07 Å². The number of carbonyl (C=O) groups is 1. The normalized spacial score (nSPS) is 13.5. The van der Waals surface area contributed by atoms with E-state index in [0.29, 0.717) is 6.07 Å². The average molecular weight is 321 g/mol. The fourth-order valence-corrected chi connectivity index (χ4v) is 2.02. The third kappa shape index (κ3) is 3.50. The smallest absolute Gasteiger partial charge is 0.280 e. The number of rotatable bonds is 6. The maximum absolute atomic E-state index is 13.6. The van der Waals surface area contributed by atoms with E-state index in [4.69, 9.17) is 16.7 Å². The van der Waals surface area contributed by atoms with Crippen LogP contribution in [0.1, 0.15) is 28.8 Å². The monoisotopic (exact) mass is 320 g/mol. The summed E-state index contributed by atoms with van der Waals surface area (Å²) in [5, 5.41) is 29.4. The van der Waals surface area contributed by atoms with Crippen LogP contribution in [0.5, 0.6) is 0 Å². The van der Waals surface area contributed by atoms with Crippen molar-refractivity contribution in [2.45, 2.75) is 19.0 Å². The molecule has 0 amide bonds. The number of non-ortho nitro benzene ring substituents is 1. The maximum Gasteiger partial charge on any atom is 0.280 e. The van der Waals surface area contributed by atoms with E-state index >= 15 is 0 Å². The van der Waals surface area contributed by atoms with Crippen molar-refractivity contribution in [3.8, 4) is 0 Å². The minimum atomic E-state index is -1.89. The lowest BCUT2D eigenvalue weighted by atomic mass is 9.90. The van der Waals surface area contributed by atoms with Gasteiger partial charge in [-0.25, -0.2) is 4.39 Å². The van der Waals surface area contributed by atoms with Crippen molar-refractivity contribution >= 4 is 28.2 Å². The van der Waals surface area contributed by atoms with Crippen molar-refractivity contribution in [2.24, 2.45) is 0 Å². The quantitative estimate of drug-likeness (QED) is 0.487. The van der Waals surface area contributed by atoms with Crippen LogP contribution in [0.2, 0.25) is 0 Å². The Morgan fingerprint density at radius 2 is 1.95 bits per heavy atom. The molecule has 10 heteroatoms. The second kappa shape index (κ2) is 6.55. The number of nitro benzene ring substituents is 2. The van der Waals surface area contributed by atoms with Gasteiger partial charge in [0.05, 0.1) is 28.1 Å². The number of carbonyl (C=O) groups excluding carboxylic acids is 1. The third-order valence-electron chi connectivity index (χ3n) is 2.93. The zero-order chi connectivity index (χ0) is 16.3. The molecular weight excluding hydrogens is 311 g/mol. The summed E-state index contributed by atoms with van der Waals surface area (Å²) in [6.45, 7) is 0.281. The Labute approximate surface area is 122 Å². The molecule has 2 atom stereocenters. The van der Waals surface area contributed by atoms with Crippen molar-refractivity contribution < 1.29 is 24.1 Å². The summed E-state index contributed by atoms with van der Waals surface area (Å²) in [5.41, 5.74) is -2.41. The molecule has 0 fully saturated rings. The molecule has 0 saturated carbocycles. The Morgan fingerprint density at radius 3 is 2.33 bits per heavy atom. The summed E-state index contributed by atoms with van der Waals surface area (Å²) in [5.74, 6) is -1.24. The Kier molecular flexibility index (Phi) is 5.28. The van der Waals surface area contributed by atoms with Crippen LogP contribution in [0.15, 0.2) is 12.1 Å². The lowest BCUT2D eigenvalue weighted by Gasteiger charge is -2.17. The van der Waals surface area contributed by atoms with Gasteiger partial charge in [-0.05, 0) is 11.6 Å². The first-order chi connectivity index (χ1) is 9.70. The van der Waals surface area contributed by atoms with Gasteiger partial charge in [-0.1, -0.05) is 6.92 Å². The van der Waals surface area contributed by atoms with Gasteiger partial charge >= 0.3 is 0 Å². The topological polar surface area (TPSA) is 124 Å². The molecular formula is C11H10ClFN2O6. The Morgan fingerprint density at radius 1 is 1.38 bits per heavy atom. The van der Waals surface area contributed by atoms with E-state index in [1.807, 2.05) is 0 Å². The first-order valence-corrected chi connectivity index (χ1v) is 6.00. The highest BCUT2D eigenvalue weighted by Gasteiger charge is 2.33. The molecule has 8 nitrogen and oxygen atoms in total. The largest absolute Gasteiger partial charge is 0.393 e. The van der Waals surface area contributed by atoms with E-state index < -0.39 is 50.7 Å². The van der Waals surface area contributed by atoms with Gasteiger partial charge in [-0.15, -0.1) is 0 Å². The number of alkyl halides is 1. The molecule has 0 spiro atoms. The van der Waals surface area contributed by atoms with Crippen LogP contribution in [0, 0.1) is 20.2 Å². The Balaban J connectivity index is 3.69. The summed E-state index contributed by atoms with van der Waals surface area (Å²) >= 11 is 5.28. The van der Waals surface area contributed by atoms with Crippen LogP contribution < -0.4 is 0 Å². The predicted octanol–water partition coefficient (Wildman–Crippen LogP) is 2.32. The van der Waals surface area contributed by atoms with Gasteiger partial charge in [0.15, 0.2) is 0 Å². The summed E-state index contributed by atoms with van der Waals surface area (Å²) in [6, 6.07) is 1.37. The number of benzene rings is 1. The van der Waals surface area contributed by atoms with Crippen molar-refractivity contribution in [3.63, 3.8) is 0 Å². The number of aliphatic hydroxyl groups excluding tert-OH is 1. The highest BCUT2D eigenvalue weighted by atomic mass is 35.5. The molecule has 21 heavy (non-hydrogen) atoms. The van der Waals surface area contributed by atoms with Crippen LogP contribution in [0.4, 0.5) is 15.8 Å². The maximum atomic E-state index is 13.6. The molecule has 0 aliphatic carbocycles. The second-order valence-electron chi connectivity index (χ2n) is 4.20. The second-order valence-corrected chi connectivity index (χ2v) is 4.54. The van der Waals surface area contributed by atoms with Crippen LogP contribution >= 0.6 is 11.6 Å². The van der Waals surface area contributed by atoms with Gasteiger partial charge in [0.2, 0.25) is 0 Å². The van der Waals surface area contributed by atoms with Crippen molar-refractivity contribution in [2.75, 3.05) is 6.61 Å². The summed E-state index contributed by atoms with van der Waals surface area (Å²) in [7, 11) is 0. The fourth-order valence-electron chi connectivity index (χ4n) is 1.86. The fraction of sp³-hybridized carbons (Fsp3) is 0.364. The zero-order valence-corrected chi connectivity index (χ0v) is 11.4. The third-order valence-corrected chi connectivity index (χ3v) is 3.14. The average Bonchev–Trinajstić information content (AvgIpc) is 2.43. The van der Waals surface area contributed by atoms with E-state index in [1.54, 1.807) is 0 Å². The Hall–Kier alpha value is -2.13. The highest BCUT2D eigenvalue weighted by Crippen LogP contribution is 2.37. The molecule has 0 saturated heterocycles. The van der Waals surface area contributed by atoms with E-state index in [-0.39, 0.29) is 5.56 Å². The molecule has 114 valence electrons. The van der Waals surface area contributed by atoms with E-state index in [1.165, 1.54) is 6.92 Å². The molecule has 0 aliphatic heterocycles. The van der Waals surface area contributed by atoms with Gasteiger partial charge in [-0.2, -0.15) is 0 Å². The SMILES string of the molecule is CC(c1c(C(=O)Cl)cc([N+](=O)[O-])cc1[N+](=O)[O-])C(F)CO. The number of nitro groups is 2. The molecule has 1 aromatic rings. The van der Waals surface area contributed by atoms with Crippen LogP contribution in [-0.2, 0) is 0 Å². The summed E-state index contributed by atoms with van der Waals surface area (Å²) in [6.07, 6.45) is -1.89. The van der Waals surface area contributed by atoms with Crippen LogP contribution in [-0.4, -0.2) is 33.0 Å². The number of hydrogen-bond donors (Lipinski definition) is 1. The molecule has 0 heterocycles. The lowest BCUT2D eigenvalue weighted by Crippen LogP contribution is -2.19. The first kappa shape index (κ1) is 16.9. The zero-order valence-electron chi connectivity index (χ0n) is 10.7. The van der Waals surface area contributed by atoms with Crippen molar-refractivity contribution in [1.82, 2.24) is 0 Å². The predicted molar refractivity (Wildman–Crippen MR) is 70.3 cm³/mol. The van der Waals surface area contributed by atoms with E-state index in [9.17, 15) is 29.4 Å². The van der Waals surface area contributed by atoms with Crippen LogP contribution in [0.3, 0.4) is 0 Å². The first-order valence-electron chi connectivity index (χ1n) is 5.62. The van der Waals surface area contributed by atoms with Gasteiger partial charge in [0.25, 0.3) is 16.6 Å². The van der Waals surface area contributed by atoms with Crippen LogP contribution in [0.25, 0.3) is 0 Å². The van der Waals surface area contributed by atoms with Crippen molar-refractivity contribution in [3.05, 3.63) is 43.5 Å². The molecule has 0 aromatic heterocycles. The molecule has 0 bridgehead atoms. The number of nitrogens with zero attached hydrogens (tertiary/aromatic N) is 2. The minimum absolute atomic E-state index is 0.382. The molecule has 2 unspecified atom stereocenters. The summed E-state index contributed by atoms with van der Waals surface area (Å²) < 4.78 is 13.6. The standard InChI is InChI=1S/C11H10ClFN2O6/c1-5(8(13)4-16)10-7(11(12)17)2-6(14(18)19)3-9(10)15(20)21/h2-3,5,8,16H,4H2,1H3. The van der Waals surface area contributed by atoms with Gasteiger partial charge in [0.1, 0.15) is 6.17 Å². The van der Waals surface area contributed by atoms with Gasteiger partial charge in [0, 0.05) is 17.5 Å². The minimum Gasteiger partial charge on any atom is -0.393 e. The summed E-state index contributed by atoms with van der Waals surface area (Å²) in [4.78, 5) is 31.2. The van der Waals surface area contributed by atoms with Gasteiger partial charge in [-0.3, -0.25) is 25.0 Å². The molecule has 1 aromatic carbocycles. The lowest BCUT2D eigenvalue weighted by molar-refractivity contribution is -0.394.